The molecular formula is C26H24N6OS. The molecule has 0 aromatic heterocycles. The maximum Gasteiger partial charge on any atom is 0.258 e. The molecule has 0 bridgehead atoms. The van der Waals surface area contributed by atoms with E-state index in [1.807, 2.05) is 86.5 Å². The fraction of sp³-hybridized carbons (Fsp3) is 0.192. The predicted octanol–water partition coefficient (Wildman–Crippen LogP) is 3.96. The second-order valence-electron chi connectivity index (χ2n) is 8.39. The van der Waals surface area contributed by atoms with Crippen LogP contribution in [0.5, 0.6) is 0 Å². The van der Waals surface area contributed by atoms with E-state index >= 15 is 0 Å². The van der Waals surface area contributed by atoms with Crippen LogP contribution in [0.1, 0.15) is 17.0 Å². The zero-order valence-corrected chi connectivity index (χ0v) is 20.2. The van der Waals surface area contributed by atoms with Gasteiger partial charge in [-0.2, -0.15) is 10.5 Å². The number of nitriles is 2. The summed E-state index contributed by atoms with van der Waals surface area (Å²) in [5.74, 6) is -0.956. The molecule has 1 atom stereocenters. The van der Waals surface area contributed by atoms with Gasteiger partial charge >= 0.3 is 0 Å². The summed E-state index contributed by atoms with van der Waals surface area (Å²) < 4.78 is 0. The van der Waals surface area contributed by atoms with E-state index in [1.165, 1.54) is 22.7 Å². The van der Waals surface area contributed by atoms with Crippen molar-refractivity contribution in [3.8, 4) is 12.1 Å². The number of carbonyl (C=O) groups excluding carboxylic acids is 1. The topological polar surface area (TPSA) is 100 Å². The Morgan fingerprint density at radius 3 is 1.91 bits per heavy atom. The van der Waals surface area contributed by atoms with Crippen LogP contribution < -0.4 is 15.5 Å². The molecule has 0 spiro atoms. The first-order valence-corrected chi connectivity index (χ1v) is 11.4. The highest BCUT2D eigenvalue weighted by Crippen LogP contribution is 2.49. The SMILES string of the molecule is CN(C)c1ccc(C2=CC(=O)N3C(N)=C(C#N)C(c4ccc(N(C)C)cc4)C(C#N)=C3S2)cc1. The van der Waals surface area contributed by atoms with Gasteiger partial charge in [0.2, 0.25) is 0 Å². The minimum absolute atomic E-state index is 0.0638. The van der Waals surface area contributed by atoms with Crippen molar-refractivity contribution in [2.75, 3.05) is 38.0 Å². The van der Waals surface area contributed by atoms with Crippen LogP contribution in [-0.2, 0) is 4.79 Å². The fourth-order valence-electron chi connectivity index (χ4n) is 3.99. The van der Waals surface area contributed by atoms with Crippen LogP contribution in [0.25, 0.3) is 4.91 Å². The number of hydrogen-bond acceptors (Lipinski definition) is 7. The lowest BCUT2D eigenvalue weighted by atomic mass is 9.83. The third-order valence-electron chi connectivity index (χ3n) is 5.86. The first kappa shape index (κ1) is 23.0. The van der Waals surface area contributed by atoms with Gasteiger partial charge in [-0.15, -0.1) is 0 Å². The molecule has 0 fully saturated rings. The van der Waals surface area contributed by atoms with Crippen molar-refractivity contribution in [3.63, 3.8) is 0 Å². The Morgan fingerprint density at radius 1 is 0.882 bits per heavy atom. The van der Waals surface area contributed by atoms with Crippen LogP contribution in [-0.4, -0.2) is 39.0 Å². The summed E-state index contributed by atoms with van der Waals surface area (Å²) in [6.45, 7) is 0. The second-order valence-corrected chi connectivity index (χ2v) is 9.42. The largest absolute Gasteiger partial charge is 0.384 e. The molecule has 0 radical (unpaired) electrons. The number of nitrogens with zero attached hydrogens (tertiary/aromatic N) is 5. The van der Waals surface area contributed by atoms with Gasteiger partial charge in [0.1, 0.15) is 10.9 Å². The van der Waals surface area contributed by atoms with Crippen molar-refractivity contribution >= 4 is 33.9 Å². The van der Waals surface area contributed by atoms with Gasteiger partial charge < -0.3 is 15.5 Å². The summed E-state index contributed by atoms with van der Waals surface area (Å²) in [6.07, 6.45) is 1.50. The number of anilines is 2. The van der Waals surface area contributed by atoms with E-state index in [0.717, 1.165) is 27.4 Å². The predicted molar refractivity (Wildman–Crippen MR) is 136 cm³/mol. The monoisotopic (exact) mass is 468 g/mol. The Morgan fingerprint density at radius 2 is 1.41 bits per heavy atom. The summed E-state index contributed by atoms with van der Waals surface area (Å²) in [5, 5.41) is 20.6. The van der Waals surface area contributed by atoms with E-state index in [2.05, 4.69) is 12.1 Å². The number of fused-ring (bicyclic) bond motifs is 1. The average Bonchev–Trinajstić information content (AvgIpc) is 2.83. The summed E-state index contributed by atoms with van der Waals surface area (Å²) in [6, 6.07) is 19.9. The first-order chi connectivity index (χ1) is 16.3. The van der Waals surface area contributed by atoms with E-state index in [-0.39, 0.29) is 17.3 Å². The third-order valence-corrected chi connectivity index (χ3v) is 7.03. The van der Waals surface area contributed by atoms with Gasteiger partial charge in [0.15, 0.2) is 0 Å². The normalized spacial score (nSPS) is 17.6. The van der Waals surface area contributed by atoms with Crippen molar-refractivity contribution in [1.82, 2.24) is 4.90 Å². The lowest BCUT2D eigenvalue weighted by Gasteiger charge is -2.36. The lowest BCUT2D eigenvalue weighted by molar-refractivity contribution is -0.122. The molecule has 2 aromatic carbocycles. The highest BCUT2D eigenvalue weighted by molar-refractivity contribution is 8.11. The van der Waals surface area contributed by atoms with E-state index < -0.39 is 5.92 Å². The molecule has 4 rings (SSSR count). The smallest absolute Gasteiger partial charge is 0.258 e. The van der Waals surface area contributed by atoms with Crippen LogP contribution >= 0.6 is 11.8 Å². The zero-order valence-electron chi connectivity index (χ0n) is 19.4. The molecule has 0 saturated heterocycles. The van der Waals surface area contributed by atoms with Crippen LogP contribution in [0.4, 0.5) is 11.4 Å². The molecule has 2 heterocycles. The Bertz CT molecular complexity index is 1320. The van der Waals surface area contributed by atoms with Crippen LogP contribution in [0, 0.1) is 22.7 Å². The summed E-state index contributed by atoms with van der Waals surface area (Å²) in [5.41, 5.74) is 10.6. The van der Waals surface area contributed by atoms with E-state index in [4.69, 9.17) is 5.73 Å². The van der Waals surface area contributed by atoms with Gasteiger partial charge in [-0.05, 0) is 35.4 Å². The first-order valence-electron chi connectivity index (χ1n) is 10.6. The minimum Gasteiger partial charge on any atom is -0.384 e. The highest BCUT2D eigenvalue weighted by atomic mass is 32.2. The molecule has 2 aliphatic heterocycles. The number of thioether (sulfide) groups is 1. The number of nitrogens with two attached hydrogens (primary N) is 1. The molecule has 34 heavy (non-hydrogen) atoms. The maximum atomic E-state index is 13.1. The van der Waals surface area contributed by atoms with E-state index in [9.17, 15) is 15.3 Å². The Labute approximate surface area is 203 Å². The van der Waals surface area contributed by atoms with Crippen molar-refractivity contribution in [2.45, 2.75) is 5.92 Å². The summed E-state index contributed by atoms with van der Waals surface area (Å²) in [4.78, 5) is 19.1. The minimum atomic E-state index is -0.645. The van der Waals surface area contributed by atoms with Crippen LogP contribution in [0.3, 0.4) is 0 Å². The number of hydrogen-bond donors (Lipinski definition) is 1. The molecule has 1 unspecified atom stereocenters. The van der Waals surface area contributed by atoms with Crippen molar-refractivity contribution in [2.24, 2.45) is 5.73 Å². The molecule has 2 aliphatic rings. The standard InChI is InChI=1S/C26H24N6OS/c1-30(2)18-9-5-16(6-10-18)22-13-23(33)32-25(29)20(14-27)24(21(15-28)26(32)34-22)17-7-11-19(12-8-17)31(3)4/h5-13,24H,29H2,1-4H3. The fourth-order valence-corrected chi connectivity index (χ4v) is 5.17. The van der Waals surface area contributed by atoms with Gasteiger partial charge in [0, 0.05) is 50.5 Å². The van der Waals surface area contributed by atoms with Crippen molar-refractivity contribution in [3.05, 3.63) is 87.7 Å². The molecule has 2 N–H and O–H groups in total. The van der Waals surface area contributed by atoms with Gasteiger partial charge in [-0.25, -0.2) is 0 Å². The molecule has 8 heteroatoms. The van der Waals surface area contributed by atoms with Gasteiger partial charge in [0.25, 0.3) is 5.91 Å². The van der Waals surface area contributed by atoms with Crippen molar-refractivity contribution < 1.29 is 4.79 Å². The Balaban J connectivity index is 1.82. The van der Waals surface area contributed by atoms with E-state index in [1.54, 1.807) is 0 Å². The Kier molecular flexibility index (Phi) is 6.10. The summed E-state index contributed by atoms with van der Waals surface area (Å²) >= 11 is 1.32. The van der Waals surface area contributed by atoms with E-state index in [0.29, 0.717) is 10.6 Å². The van der Waals surface area contributed by atoms with Gasteiger partial charge in [0.05, 0.1) is 29.2 Å². The Hall–Kier alpha value is -4.14. The quantitative estimate of drug-likeness (QED) is 0.725. The average molecular weight is 469 g/mol. The number of rotatable bonds is 4. The highest BCUT2D eigenvalue weighted by Gasteiger charge is 2.40. The summed E-state index contributed by atoms with van der Waals surface area (Å²) in [7, 11) is 7.81. The molecule has 0 aliphatic carbocycles. The molecule has 0 saturated carbocycles. The van der Waals surface area contributed by atoms with Crippen molar-refractivity contribution in [1.29, 1.82) is 10.5 Å². The molecular weight excluding hydrogens is 444 g/mol. The maximum absolute atomic E-state index is 13.1. The lowest BCUT2D eigenvalue weighted by Crippen LogP contribution is -2.39. The molecule has 170 valence electrons. The van der Waals surface area contributed by atoms with Gasteiger partial charge in [-0.3, -0.25) is 9.69 Å². The number of carbonyl (C=O) groups is 1. The number of allylic oxidation sites excluding steroid dienone is 2. The second kappa shape index (κ2) is 9.01. The number of amides is 1. The van der Waals surface area contributed by atoms with Gasteiger partial charge in [-0.1, -0.05) is 36.0 Å². The zero-order chi connectivity index (χ0) is 24.6. The third kappa shape index (κ3) is 3.89. The van der Waals surface area contributed by atoms with Crippen LogP contribution in [0.2, 0.25) is 0 Å². The molecule has 7 nitrogen and oxygen atoms in total. The number of benzene rings is 2. The molecule has 1 amide bonds. The molecule has 2 aromatic rings. The van der Waals surface area contributed by atoms with Crippen LogP contribution in [0.15, 0.2) is 76.6 Å².